The van der Waals surface area contributed by atoms with E-state index in [4.69, 9.17) is 0 Å². The summed E-state index contributed by atoms with van der Waals surface area (Å²) in [6.07, 6.45) is 6.84. The normalized spacial score (nSPS) is 18.1. The van der Waals surface area contributed by atoms with Crippen molar-refractivity contribution >= 4 is 21.2 Å². The predicted molar refractivity (Wildman–Crippen MR) is 74.9 cm³/mol. The molecule has 102 valence electrons. The van der Waals surface area contributed by atoms with Crippen molar-refractivity contribution in [2.45, 2.75) is 44.6 Å². The number of aryl methyl sites for hydroxylation is 2. The fraction of sp³-hybridized carbons (Fsp3) is 0.692. The molecule has 0 amide bonds. The van der Waals surface area contributed by atoms with Crippen LogP contribution in [0.15, 0.2) is 6.07 Å². The summed E-state index contributed by atoms with van der Waals surface area (Å²) in [6.45, 7) is 0. The summed E-state index contributed by atoms with van der Waals surface area (Å²) in [6, 6.07) is 2.08. The average molecular weight is 288 g/mol. The van der Waals surface area contributed by atoms with Gasteiger partial charge in [-0.15, -0.1) is 11.3 Å². The minimum atomic E-state index is -2.99. The zero-order valence-electron chi connectivity index (χ0n) is 10.7. The Morgan fingerprint density at radius 3 is 2.78 bits per heavy atom. The van der Waals surface area contributed by atoms with Crippen LogP contribution in [0, 0.1) is 0 Å². The molecule has 1 unspecified atom stereocenters. The first-order valence-corrected chi connectivity index (χ1v) is 9.31. The summed E-state index contributed by atoms with van der Waals surface area (Å²) in [5.74, 6) is 0.0523. The number of hydrogen-bond acceptors (Lipinski definition) is 4. The Labute approximate surface area is 113 Å². The Morgan fingerprint density at radius 1 is 1.33 bits per heavy atom. The highest BCUT2D eigenvalue weighted by atomic mass is 32.2. The first kappa shape index (κ1) is 14.0. The molecule has 0 saturated heterocycles. The van der Waals surface area contributed by atoms with Gasteiger partial charge < -0.3 is 5.11 Å². The zero-order valence-corrected chi connectivity index (χ0v) is 12.3. The molecule has 1 atom stereocenters. The van der Waals surface area contributed by atoms with Gasteiger partial charge in [0.25, 0.3) is 0 Å². The van der Waals surface area contributed by atoms with Crippen molar-refractivity contribution in [1.82, 2.24) is 0 Å². The van der Waals surface area contributed by atoms with Crippen LogP contribution in [0.1, 0.15) is 47.1 Å². The second kappa shape index (κ2) is 5.72. The van der Waals surface area contributed by atoms with Crippen molar-refractivity contribution in [3.63, 3.8) is 0 Å². The minimum Gasteiger partial charge on any atom is -0.388 e. The van der Waals surface area contributed by atoms with Crippen molar-refractivity contribution in [3.8, 4) is 0 Å². The Balaban J connectivity index is 2.05. The number of thiophene rings is 1. The van der Waals surface area contributed by atoms with Gasteiger partial charge in [-0.25, -0.2) is 8.42 Å². The Morgan fingerprint density at radius 2 is 2.06 bits per heavy atom. The van der Waals surface area contributed by atoms with Crippen LogP contribution >= 0.6 is 11.3 Å². The Hall–Kier alpha value is -0.390. The van der Waals surface area contributed by atoms with Gasteiger partial charge in [0.05, 0.1) is 11.9 Å². The highest BCUT2D eigenvalue weighted by molar-refractivity contribution is 7.90. The smallest absolute Gasteiger partial charge is 0.147 e. The molecule has 0 aliphatic heterocycles. The van der Waals surface area contributed by atoms with E-state index in [0.717, 1.165) is 17.7 Å². The third kappa shape index (κ3) is 3.80. The Bertz CT molecular complexity index is 479. The topological polar surface area (TPSA) is 54.4 Å². The molecule has 1 heterocycles. The molecule has 3 nitrogen and oxygen atoms in total. The van der Waals surface area contributed by atoms with Crippen molar-refractivity contribution in [3.05, 3.63) is 21.4 Å². The summed E-state index contributed by atoms with van der Waals surface area (Å²) in [5.41, 5.74) is 1.37. The molecule has 0 saturated carbocycles. The predicted octanol–water partition coefficient (Wildman–Crippen LogP) is 2.49. The van der Waals surface area contributed by atoms with Gasteiger partial charge in [-0.2, -0.15) is 0 Å². The largest absolute Gasteiger partial charge is 0.388 e. The lowest BCUT2D eigenvalue weighted by atomic mass is 10.1. The van der Waals surface area contributed by atoms with Crippen molar-refractivity contribution in [2.24, 2.45) is 0 Å². The molecule has 1 aromatic heterocycles. The highest BCUT2D eigenvalue weighted by Gasteiger charge is 2.18. The van der Waals surface area contributed by atoms with Crippen LogP contribution in [0.5, 0.6) is 0 Å². The quantitative estimate of drug-likeness (QED) is 0.866. The number of aliphatic hydroxyl groups is 1. The van der Waals surface area contributed by atoms with Crippen LogP contribution in [-0.2, 0) is 22.7 Å². The Kier molecular flexibility index (Phi) is 4.45. The van der Waals surface area contributed by atoms with E-state index in [1.54, 1.807) is 11.3 Å². The van der Waals surface area contributed by atoms with Crippen LogP contribution in [0.4, 0.5) is 0 Å². The van der Waals surface area contributed by atoms with Crippen LogP contribution in [-0.4, -0.2) is 25.5 Å². The molecule has 0 aromatic carbocycles. The molecule has 18 heavy (non-hydrogen) atoms. The lowest BCUT2D eigenvalue weighted by molar-refractivity contribution is 0.178. The van der Waals surface area contributed by atoms with Crippen molar-refractivity contribution < 1.29 is 13.5 Å². The van der Waals surface area contributed by atoms with Crippen LogP contribution in [0.25, 0.3) is 0 Å². The average Bonchev–Trinajstić information content (AvgIpc) is 2.57. The van der Waals surface area contributed by atoms with Gasteiger partial charge in [0.1, 0.15) is 9.84 Å². The van der Waals surface area contributed by atoms with E-state index in [0.29, 0.717) is 6.42 Å². The second-order valence-corrected chi connectivity index (χ2v) is 8.52. The van der Waals surface area contributed by atoms with Gasteiger partial charge in [0, 0.05) is 16.0 Å². The number of fused-ring (bicyclic) bond motifs is 1. The van der Waals surface area contributed by atoms with E-state index in [-0.39, 0.29) is 5.75 Å². The van der Waals surface area contributed by atoms with Gasteiger partial charge in [-0.3, -0.25) is 0 Å². The first-order chi connectivity index (χ1) is 8.46. The van der Waals surface area contributed by atoms with Gasteiger partial charge in [0.15, 0.2) is 0 Å². The van der Waals surface area contributed by atoms with E-state index in [9.17, 15) is 13.5 Å². The molecule has 5 heteroatoms. The maximum Gasteiger partial charge on any atom is 0.147 e. The zero-order chi connectivity index (χ0) is 13.2. The van der Waals surface area contributed by atoms with Crippen LogP contribution < -0.4 is 0 Å². The van der Waals surface area contributed by atoms with Crippen molar-refractivity contribution in [2.75, 3.05) is 12.0 Å². The summed E-state index contributed by atoms with van der Waals surface area (Å²) < 4.78 is 22.2. The van der Waals surface area contributed by atoms with E-state index in [1.165, 1.54) is 36.0 Å². The van der Waals surface area contributed by atoms with E-state index in [2.05, 4.69) is 6.07 Å². The standard InChI is InChI=1S/C13H20O3S2/c1-18(15,16)8-7-11(14)13-9-10-5-3-2-4-6-12(10)17-13/h9,11,14H,2-8H2,1H3. The first-order valence-electron chi connectivity index (χ1n) is 6.43. The molecule has 1 aliphatic carbocycles. The number of hydrogen-bond donors (Lipinski definition) is 1. The van der Waals surface area contributed by atoms with Gasteiger partial charge >= 0.3 is 0 Å². The number of aliphatic hydroxyl groups excluding tert-OH is 1. The van der Waals surface area contributed by atoms with Gasteiger partial charge in [-0.1, -0.05) is 6.42 Å². The molecule has 0 fully saturated rings. The number of rotatable bonds is 4. The molecule has 0 bridgehead atoms. The monoisotopic (exact) mass is 288 g/mol. The highest BCUT2D eigenvalue weighted by Crippen LogP contribution is 2.33. The molecule has 2 rings (SSSR count). The summed E-state index contributed by atoms with van der Waals surface area (Å²) in [5, 5.41) is 10.0. The molecule has 0 spiro atoms. The fourth-order valence-corrected chi connectivity index (χ4v) is 4.25. The third-order valence-corrected chi connectivity index (χ3v) is 5.67. The summed E-state index contributed by atoms with van der Waals surface area (Å²) in [7, 11) is -2.99. The maximum absolute atomic E-state index is 11.1. The lowest BCUT2D eigenvalue weighted by Crippen LogP contribution is -2.07. The molecule has 0 radical (unpaired) electrons. The van der Waals surface area contributed by atoms with Gasteiger partial charge in [-0.05, 0) is 43.7 Å². The van der Waals surface area contributed by atoms with E-state index >= 15 is 0 Å². The maximum atomic E-state index is 11.1. The van der Waals surface area contributed by atoms with Crippen LogP contribution in [0.3, 0.4) is 0 Å². The van der Waals surface area contributed by atoms with Gasteiger partial charge in [0.2, 0.25) is 0 Å². The van der Waals surface area contributed by atoms with Crippen LogP contribution in [0.2, 0.25) is 0 Å². The minimum absolute atomic E-state index is 0.0523. The third-order valence-electron chi connectivity index (χ3n) is 3.36. The van der Waals surface area contributed by atoms with E-state index in [1.807, 2.05) is 0 Å². The summed E-state index contributed by atoms with van der Waals surface area (Å²) in [4.78, 5) is 2.33. The number of sulfone groups is 1. The molecule has 1 N–H and O–H groups in total. The van der Waals surface area contributed by atoms with E-state index < -0.39 is 15.9 Å². The second-order valence-electron chi connectivity index (χ2n) is 5.09. The molecular weight excluding hydrogens is 268 g/mol. The lowest BCUT2D eigenvalue weighted by Gasteiger charge is -2.07. The molecule has 1 aliphatic rings. The summed E-state index contributed by atoms with van der Waals surface area (Å²) >= 11 is 1.66. The molecule has 1 aromatic rings. The molecular formula is C13H20O3S2. The fourth-order valence-electron chi connectivity index (χ4n) is 2.32. The van der Waals surface area contributed by atoms with Crippen molar-refractivity contribution in [1.29, 1.82) is 0 Å². The SMILES string of the molecule is CS(=O)(=O)CCC(O)c1cc2c(s1)CCCCC2.